The first kappa shape index (κ1) is 15.3. The zero-order valence-electron chi connectivity index (χ0n) is 12.2. The predicted octanol–water partition coefficient (Wildman–Crippen LogP) is 3.94. The Balaban J connectivity index is 2.26. The molecule has 2 aromatic rings. The second-order valence-corrected chi connectivity index (χ2v) is 4.67. The third-order valence-corrected chi connectivity index (χ3v) is 3.23. The molecule has 0 aliphatic rings. The average molecular weight is 309 g/mol. The van der Waals surface area contributed by atoms with Crippen molar-refractivity contribution in [1.29, 1.82) is 0 Å². The van der Waals surface area contributed by atoms with Crippen molar-refractivity contribution in [3.05, 3.63) is 47.0 Å². The third kappa shape index (κ3) is 3.52. The number of ether oxygens (including phenoxy) is 4. The van der Waals surface area contributed by atoms with Gasteiger partial charge in [-0.25, -0.2) is 0 Å². The zero-order chi connectivity index (χ0) is 15.2. The van der Waals surface area contributed by atoms with Crippen LogP contribution < -0.4 is 18.9 Å². The molecule has 2 rings (SSSR count). The lowest BCUT2D eigenvalue weighted by Gasteiger charge is -2.15. The summed E-state index contributed by atoms with van der Waals surface area (Å²) >= 11 is 6.01. The number of methoxy groups -OCH3 is 3. The Kier molecular flexibility index (Phi) is 5.17. The van der Waals surface area contributed by atoms with Crippen molar-refractivity contribution in [2.45, 2.75) is 6.61 Å². The summed E-state index contributed by atoms with van der Waals surface area (Å²) in [5.74, 6) is 2.48. The van der Waals surface area contributed by atoms with Crippen LogP contribution in [-0.4, -0.2) is 21.3 Å². The Hall–Kier alpha value is -2.07. The second-order valence-electron chi connectivity index (χ2n) is 4.24. The molecule has 0 spiro atoms. The number of benzene rings is 2. The van der Waals surface area contributed by atoms with E-state index in [0.717, 1.165) is 5.56 Å². The van der Waals surface area contributed by atoms with Gasteiger partial charge in [0.15, 0.2) is 11.5 Å². The number of rotatable bonds is 6. The summed E-state index contributed by atoms with van der Waals surface area (Å²) in [7, 11) is 4.78. The predicted molar refractivity (Wildman–Crippen MR) is 81.9 cm³/mol. The van der Waals surface area contributed by atoms with Gasteiger partial charge < -0.3 is 18.9 Å². The van der Waals surface area contributed by atoms with Crippen LogP contribution >= 0.6 is 11.6 Å². The van der Waals surface area contributed by atoms with E-state index >= 15 is 0 Å². The molecule has 0 aliphatic heterocycles. The van der Waals surface area contributed by atoms with Gasteiger partial charge in [-0.1, -0.05) is 17.7 Å². The van der Waals surface area contributed by atoms with Gasteiger partial charge >= 0.3 is 0 Å². The molecule has 21 heavy (non-hydrogen) atoms. The molecule has 0 fully saturated rings. The molecule has 5 heteroatoms. The first-order chi connectivity index (χ1) is 10.2. The summed E-state index contributed by atoms with van der Waals surface area (Å²) in [6, 6.07) is 10.8. The van der Waals surface area contributed by atoms with Crippen molar-refractivity contribution in [2.75, 3.05) is 21.3 Å². The van der Waals surface area contributed by atoms with E-state index in [2.05, 4.69) is 0 Å². The maximum atomic E-state index is 6.01. The van der Waals surface area contributed by atoms with Crippen molar-refractivity contribution in [2.24, 2.45) is 0 Å². The Morgan fingerprint density at radius 2 is 1.48 bits per heavy atom. The van der Waals surface area contributed by atoms with Crippen LogP contribution in [0.3, 0.4) is 0 Å². The van der Waals surface area contributed by atoms with Crippen molar-refractivity contribution in [3.63, 3.8) is 0 Å². The van der Waals surface area contributed by atoms with E-state index in [4.69, 9.17) is 30.5 Å². The molecule has 2 aromatic carbocycles. The molecule has 0 atom stereocenters. The standard InChI is InChI=1S/C16H17ClO4/c1-18-13-8-7-12(17)9-11(13)10-21-16-14(19-2)5-4-6-15(16)20-3/h4-9H,10H2,1-3H3. The lowest BCUT2D eigenvalue weighted by atomic mass is 10.2. The van der Waals surface area contributed by atoms with Crippen molar-refractivity contribution >= 4 is 11.6 Å². The first-order valence-corrected chi connectivity index (χ1v) is 6.73. The molecular formula is C16H17ClO4. The van der Waals surface area contributed by atoms with Gasteiger partial charge in [0.25, 0.3) is 0 Å². The van der Waals surface area contributed by atoms with Crippen LogP contribution in [0.5, 0.6) is 23.0 Å². The topological polar surface area (TPSA) is 36.9 Å². The molecule has 0 bridgehead atoms. The maximum Gasteiger partial charge on any atom is 0.203 e. The Morgan fingerprint density at radius 3 is 2.05 bits per heavy atom. The van der Waals surface area contributed by atoms with Gasteiger partial charge in [0.05, 0.1) is 21.3 Å². The van der Waals surface area contributed by atoms with Crippen molar-refractivity contribution < 1.29 is 18.9 Å². The largest absolute Gasteiger partial charge is 0.496 e. The molecular weight excluding hydrogens is 292 g/mol. The summed E-state index contributed by atoms with van der Waals surface area (Å²) < 4.78 is 21.7. The minimum absolute atomic E-state index is 0.292. The van der Waals surface area contributed by atoms with Gasteiger partial charge in [0.2, 0.25) is 5.75 Å². The molecule has 4 nitrogen and oxygen atoms in total. The van der Waals surface area contributed by atoms with Gasteiger partial charge in [0, 0.05) is 10.6 Å². The van der Waals surface area contributed by atoms with Gasteiger partial charge in [-0.15, -0.1) is 0 Å². The number of hydrogen-bond acceptors (Lipinski definition) is 4. The lowest BCUT2D eigenvalue weighted by Crippen LogP contribution is -2.01. The van der Waals surface area contributed by atoms with Gasteiger partial charge in [-0.3, -0.25) is 0 Å². The molecule has 0 radical (unpaired) electrons. The fraction of sp³-hybridized carbons (Fsp3) is 0.250. The van der Waals surface area contributed by atoms with Crippen LogP contribution in [0.15, 0.2) is 36.4 Å². The summed E-state index contributed by atoms with van der Waals surface area (Å²) in [6.45, 7) is 0.292. The van der Waals surface area contributed by atoms with Gasteiger partial charge in [0.1, 0.15) is 12.4 Å². The smallest absolute Gasteiger partial charge is 0.203 e. The highest BCUT2D eigenvalue weighted by molar-refractivity contribution is 6.30. The van der Waals surface area contributed by atoms with Gasteiger partial charge in [-0.2, -0.15) is 0 Å². The van der Waals surface area contributed by atoms with E-state index in [0.29, 0.717) is 34.6 Å². The highest BCUT2D eigenvalue weighted by Crippen LogP contribution is 2.37. The Morgan fingerprint density at radius 1 is 0.857 bits per heavy atom. The molecule has 0 heterocycles. The van der Waals surface area contributed by atoms with Crippen molar-refractivity contribution in [1.82, 2.24) is 0 Å². The second kappa shape index (κ2) is 7.09. The Bertz CT molecular complexity index is 591. The minimum atomic E-state index is 0.292. The summed E-state index contributed by atoms with van der Waals surface area (Å²) in [5, 5.41) is 0.626. The summed E-state index contributed by atoms with van der Waals surface area (Å²) in [4.78, 5) is 0. The first-order valence-electron chi connectivity index (χ1n) is 6.35. The zero-order valence-corrected chi connectivity index (χ0v) is 12.9. The molecule has 0 unspecified atom stereocenters. The van der Waals surface area contributed by atoms with Crippen LogP contribution in [0.2, 0.25) is 5.02 Å². The summed E-state index contributed by atoms with van der Waals surface area (Å²) in [6.07, 6.45) is 0. The van der Waals surface area contributed by atoms with Gasteiger partial charge in [-0.05, 0) is 30.3 Å². The van der Waals surface area contributed by atoms with E-state index in [-0.39, 0.29) is 0 Å². The van der Waals surface area contributed by atoms with Crippen LogP contribution in [0.4, 0.5) is 0 Å². The molecule has 0 saturated heterocycles. The highest BCUT2D eigenvalue weighted by Gasteiger charge is 2.13. The number of hydrogen-bond donors (Lipinski definition) is 0. The molecule has 0 N–H and O–H groups in total. The van der Waals surface area contributed by atoms with Crippen LogP contribution in [0.1, 0.15) is 5.56 Å². The fourth-order valence-corrected chi connectivity index (χ4v) is 2.16. The number of para-hydroxylation sites is 1. The molecule has 0 saturated carbocycles. The summed E-state index contributed by atoms with van der Waals surface area (Å²) in [5.41, 5.74) is 0.845. The van der Waals surface area contributed by atoms with E-state index in [1.807, 2.05) is 24.3 Å². The van der Waals surface area contributed by atoms with Crippen LogP contribution in [-0.2, 0) is 6.61 Å². The van der Waals surface area contributed by atoms with Crippen molar-refractivity contribution in [3.8, 4) is 23.0 Å². The lowest BCUT2D eigenvalue weighted by molar-refractivity contribution is 0.261. The molecule has 112 valence electrons. The monoisotopic (exact) mass is 308 g/mol. The van der Waals surface area contributed by atoms with Crippen LogP contribution in [0.25, 0.3) is 0 Å². The third-order valence-electron chi connectivity index (χ3n) is 3.00. The maximum absolute atomic E-state index is 6.01. The quantitative estimate of drug-likeness (QED) is 0.810. The average Bonchev–Trinajstić information content (AvgIpc) is 2.52. The Labute approximate surface area is 129 Å². The van der Waals surface area contributed by atoms with E-state index in [1.165, 1.54) is 0 Å². The molecule has 0 aliphatic carbocycles. The van der Waals surface area contributed by atoms with E-state index < -0.39 is 0 Å². The normalized spacial score (nSPS) is 10.1. The van der Waals surface area contributed by atoms with E-state index in [9.17, 15) is 0 Å². The number of halogens is 1. The van der Waals surface area contributed by atoms with E-state index in [1.54, 1.807) is 33.5 Å². The minimum Gasteiger partial charge on any atom is -0.496 e. The molecule has 0 amide bonds. The van der Waals surface area contributed by atoms with Crippen LogP contribution in [0, 0.1) is 0 Å². The highest BCUT2D eigenvalue weighted by atomic mass is 35.5. The molecule has 0 aromatic heterocycles. The fourth-order valence-electron chi connectivity index (χ4n) is 1.97. The SMILES string of the molecule is COc1ccc(Cl)cc1COc1c(OC)cccc1OC.